The van der Waals surface area contributed by atoms with Gasteiger partial charge in [0.1, 0.15) is 5.01 Å². The van der Waals surface area contributed by atoms with Gasteiger partial charge < -0.3 is 0 Å². The molecule has 0 amide bonds. The van der Waals surface area contributed by atoms with Gasteiger partial charge in [-0.2, -0.15) is 0 Å². The molecular formula is C13H7NS. The molecule has 1 heterocycles. The fraction of sp³-hybridized carbons (Fsp3) is 0. The summed E-state index contributed by atoms with van der Waals surface area (Å²) in [6.07, 6.45) is 0. The number of para-hydroxylation sites is 1. The number of fused-ring (bicyclic) bond motifs is 1. The van der Waals surface area contributed by atoms with Crippen LogP contribution in [0.25, 0.3) is 20.8 Å². The minimum atomic E-state index is 1.01. The standard InChI is InChI=1S/C13H7NS/c1-2-6-10(7-3-1)13-14-11-8-4-5-9-12(11)15-13/h1-2,4-6,8-9H. The van der Waals surface area contributed by atoms with Crippen LogP contribution in [0.4, 0.5) is 0 Å². The second-order valence-electron chi connectivity index (χ2n) is 3.20. The number of benzene rings is 2. The molecule has 1 aromatic heterocycles. The Morgan fingerprint density at radius 1 is 1.07 bits per heavy atom. The number of hydrogen-bond donors (Lipinski definition) is 0. The Hall–Kier alpha value is -1.67. The first-order valence-corrected chi connectivity index (χ1v) is 5.49. The van der Waals surface area contributed by atoms with E-state index in [2.05, 4.69) is 23.2 Å². The fourth-order valence-electron chi connectivity index (χ4n) is 1.47. The second kappa shape index (κ2) is 3.48. The van der Waals surface area contributed by atoms with Crippen LogP contribution in [0.1, 0.15) is 0 Å². The smallest absolute Gasteiger partial charge is 0.125 e. The summed E-state index contributed by atoms with van der Waals surface area (Å²) in [5.41, 5.74) is 2.06. The maximum Gasteiger partial charge on any atom is 0.125 e. The average Bonchev–Trinajstić information content (AvgIpc) is 2.74. The lowest BCUT2D eigenvalue weighted by Crippen LogP contribution is -1.74. The first-order chi connectivity index (χ1) is 7.43. The zero-order chi connectivity index (χ0) is 10.1. The Bertz CT molecular complexity index is 551. The Kier molecular flexibility index (Phi) is 2.00. The molecule has 0 saturated carbocycles. The SMILES string of the molecule is [c]1[c]c(-c2nc3ccccc3s2)ccc1. The predicted molar refractivity (Wildman–Crippen MR) is 62.7 cm³/mol. The van der Waals surface area contributed by atoms with Crippen molar-refractivity contribution in [3.05, 3.63) is 54.6 Å². The molecule has 70 valence electrons. The van der Waals surface area contributed by atoms with E-state index in [-0.39, 0.29) is 0 Å². The van der Waals surface area contributed by atoms with Gasteiger partial charge in [0.2, 0.25) is 0 Å². The van der Waals surface area contributed by atoms with E-state index in [0.717, 1.165) is 16.1 Å². The molecule has 0 saturated heterocycles. The minimum absolute atomic E-state index is 1.01. The molecule has 0 fully saturated rings. The van der Waals surface area contributed by atoms with Crippen LogP contribution in [0.15, 0.2) is 42.5 Å². The monoisotopic (exact) mass is 209 g/mol. The van der Waals surface area contributed by atoms with Crippen molar-refractivity contribution in [2.45, 2.75) is 0 Å². The Morgan fingerprint density at radius 3 is 2.80 bits per heavy atom. The molecule has 0 aliphatic carbocycles. The van der Waals surface area contributed by atoms with Gasteiger partial charge in [-0.15, -0.1) is 11.3 Å². The van der Waals surface area contributed by atoms with Crippen LogP contribution in [0.2, 0.25) is 0 Å². The Labute approximate surface area is 92.0 Å². The summed E-state index contributed by atoms with van der Waals surface area (Å²) in [6, 6.07) is 20.0. The van der Waals surface area contributed by atoms with Crippen molar-refractivity contribution in [1.82, 2.24) is 4.98 Å². The van der Waals surface area contributed by atoms with Gasteiger partial charge >= 0.3 is 0 Å². The van der Waals surface area contributed by atoms with E-state index >= 15 is 0 Å². The topological polar surface area (TPSA) is 12.9 Å². The number of nitrogens with zero attached hydrogens (tertiary/aromatic N) is 1. The van der Waals surface area contributed by atoms with E-state index in [4.69, 9.17) is 0 Å². The lowest BCUT2D eigenvalue weighted by molar-refractivity contribution is 1.47. The zero-order valence-corrected chi connectivity index (χ0v) is 8.71. The zero-order valence-electron chi connectivity index (χ0n) is 7.90. The third-order valence-electron chi connectivity index (χ3n) is 2.17. The first kappa shape index (κ1) is 8.62. The molecule has 0 unspecified atom stereocenters. The third-order valence-corrected chi connectivity index (χ3v) is 3.24. The molecule has 2 heteroatoms. The van der Waals surface area contributed by atoms with E-state index in [9.17, 15) is 0 Å². The first-order valence-electron chi connectivity index (χ1n) is 4.68. The Balaban J connectivity index is 2.21. The molecule has 0 bridgehead atoms. The molecule has 0 atom stereocenters. The molecule has 15 heavy (non-hydrogen) atoms. The molecule has 0 aliphatic rings. The number of rotatable bonds is 1. The van der Waals surface area contributed by atoms with Crippen molar-refractivity contribution in [1.29, 1.82) is 0 Å². The number of aromatic nitrogens is 1. The van der Waals surface area contributed by atoms with Crippen molar-refractivity contribution >= 4 is 21.6 Å². The maximum absolute atomic E-state index is 4.55. The number of thiazole rings is 1. The van der Waals surface area contributed by atoms with Crippen molar-refractivity contribution in [2.75, 3.05) is 0 Å². The van der Waals surface area contributed by atoms with Crippen molar-refractivity contribution < 1.29 is 0 Å². The van der Waals surface area contributed by atoms with Crippen LogP contribution < -0.4 is 0 Å². The highest BCUT2D eigenvalue weighted by Gasteiger charge is 2.04. The van der Waals surface area contributed by atoms with Crippen LogP contribution in [-0.2, 0) is 0 Å². The second-order valence-corrected chi connectivity index (χ2v) is 4.23. The summed E-state index contributed by atoms with van der Waals surface area (Å²) < 4.78 is 1.21. The van der Waals surface area contributed by atoms with Crippen molar-refractivity contribution in [3.63, 3.8) is 0 Å². The lowest BCUT2D eigenvalue weighted by atomic mass is 10.2. The van der Waals surface area contributed by atoms with Gasteiger partial charge in [0, 0.05) is 11.6 Å². The highest BCUT2D eigenvalue weighted by Crippen LogP contribution is 2.29. The van der Waals surface area contributed by atoms with Gasteiger partial charge in [-0.05, 0) is 18.2 Å². The minimum Gasteiger partial charge on any atom is -0.236 e. The summed E-state index contributed by atoms with van der Waals surface area (Å²) in [5, 5.41) is 1.01. The van der Waals surface area contributed by atoms with Gasteiger partial charge in [0.25, 0.3) is 0 Å². The summed E-state index contributed by atoms with van der Waals surface area (Å²) in [4.78, 5) is 4.55. The highest BCUT2D eigenvalue weighted by atomic mass is 32.1. The molecule has 0 N–H and O–H groups in total. The van der Waals surface area contributed by atoms with E-state index in [1.807, 2.05) is 36.4 Å². The number of hydrogen-bond acceptors (Lipinski definition) is 2. The van der Waals surface area contributed by atoms with E-state index in [1.165, 1.54) is 4.70 Å². The summed E-state index contributed by atoms with van der Waals surface area (Å²) in [6.45, 7) is 0. The molecule has 2 radical (unpaired) electrons. The van der Waals surface area contributed by atoms with Crippen LogP contribution in [0.3, 0.4) is 0 Å². The third kappa shape index (κ3) is 1.53. The van der Waals surface area contributed by atoms with Gasteiger partial charge in [-0.25, -0.2) is 4.98 Å². The Morgan fingerprint density at radius 2 is 2.00 bits per heavy atom. The molecule has 3 rings (SSSR count). The van der Waals surface area contributed by atoms with Crippen LogP contribution in [-0.4, -0.2) is 4.98 Å². The predicted octanol–water partition coefficient (Wildman–Crippen LogP) is 3.56. The maximum atomic E-state index is 4.55. The van der Waals surface area contributed by atoms with Gasteiger partial charge in [0.15, 0.2) is 0 Å². The van der Waals surface area contributed by atoms with Crippen LogP contribution >= 0.6 is 11.3 Å². The summed E-state index contributed by atoms with van der Waals surface area (Å²) in [7, 11) is 0. The van der Waals surface area contributed by atoms with Crippen LogP contribution in [0.5, 0.6) is 0 Å². The fourth-order valence-corrected chi connectivity index (χ4v) is 2.41. The molecule has 0 aliphatic heterocycles. The molecule has 1 nitrogen and oxygen atoms in total. The van der Waals surface area contributed by atoms with E-state index in [0.29, 0.717) is 0 Å². The molecule has 2 aromatic carbocycles. The van der Waals surface area contributed by atoms with E-state index in [1.54, 1.807) is 11.3 Å². The average molecular weight is 209 g/mol. The summed E-state index contributed by atoms with van der Waals surface area (Å²) in [5.74, 6) is 0. The molecule has 0 spiro atoms. The van der Waals surface area contributed by atoms with Gasteiger partial charge in [0.05, 0.1) is 10.2 Å². The highest BCUT2D eigenvalue weighted by molar-refractivity contribution is 7.21. The molecular weight excluding hydrogens is 202 g/mol. The van der Waals surface area contributed by atoms with Crippen molar-refractivity contribution in [2.24, 2.45) is 0 Å². The molecule has 3 aromatic rings. The summed E-state index contributed by atoms with van der Waals surface area (Å²) >= 11 is 1.69. The van der Waals surface area contributed by atoms with Gasteiger partial charge in [-0.3, -0.25) is 0 Å². The largest absolute Gasteiger partial charge is 0.236 e. The quantitative estimate of drug-likeness (QED) is 0.597. The lowest BCUT2D eigenvalue weighted by Gasteiger charge is -1.91. The van der Waals surface area contributed by atoms with Crippen molar-refractivity contribution in [3.8, 4) is 10.6 Å². The van der Waals surface area contributed by atoms with Gasteiger partial charge in [-0.1, -0.05) is 30.3 Å². The van der Waals surface area contributed by atoms with Crippen LogP contribution in [0, 0.1) is 12.1 Å². The van der Waals surface area contributed by atoms with E-state index < -0.39 is 0 Å². The normalized spacial score (nSPS) is 10.7.